The smallest absolute Gasteiger partial charge is 0.229 e. The van der Waals surface area contributed by atoms with Gasteiger partial charge in [0, 0.05) is 0 Å². The van der Waals surface area contributed by atoms with Crippen molar-refractivity contribution in [3.05, 3.63) is 0 Å². The van der Waals surface area contributed by atoms with Gasteiger partial charge in [0.25, 0.3) is 16.1 Å². The van der Waals surface area contributed by atoms with E-state index in [-0.39, 0.29) is 24.3 Å². The van der Waals surface area contributed by atoms with Gasteiger partial charge in [0.1, 0.15) is 9.84 Å². The van der Waals surface area contributed by atoms with Crippen LogP contribution in [0.3, 0.4) is 0 Å². The Bertz CT molecular complexity index is 442. The molecule has 1 aliphatic heterocycles. The van der Waals surface area contributed by atoms with Gasteiger partial charge in [-0.05, 0) is 12.8 Å². The van der Waals surface area contributed by atoms with E-state index < -0.39 is 25.1 Å². The number of nitrogens with zero attached hydrogens (tertiary/aromatic N) is 1. The molecule has 1 aliphatic rings. The molecule has 80 valence electrons. The molecule has 0 atom stereocenters. The predicted octanol–water partition coefficient (Wildman–Crippen LogP) is -0.771. The lowest BCUT2D eigenvalue weighted by Crippen LogP contribution is -2.31. The molecule has 0 amide bonds. The zero-order chi connectivity index (χ0) is 10.8. The Morgan fingerprint density at radius 3 is 2.14 bits per heavy atom. The van der Waals surface area contributed by atoms with E-state index in [4.69, 9.17) is 0 Å². The number of sulfonamides is 1. The number of isocyanates is 1. The minimum atomic E-state index is -3.85. The maximum atomic E-state index is 11.2. The van der Waals surface area contributed by atoms with E-state index in [1.165, 1.54) is 0 Å². The molecule has 8 heteroatoms. The van der Waals surface area contributed by atoms with Gasteiger partial charge in [-0.25, -0.2) is 21.6 Å². The lowest BCUT2D eigenvalue weighted by Gasteiger charge is -2.18. The van der Waals surface area contributed by atoms with Crippen LogP contribution in [-0.4, -0.2) is 39.7 Å². The third kappa shape index (κ3) is 2.63. The molecule has 1 heterocycles. The minimum Gasteiger partial charge on any atom is -0.229 e. The Labute approximate surface area is 82.0 Å². The summed E-state index contributed by atoms with van der Waals surface area (Å²) in [4.78, 5) is 9.80. The Balaban J connectivity index is 2.82. The van der Waals surface area contributed by atoms with Gasteiger partial charge in [0.05, 0.1) is 16.8 Å². The highest BCUT2D eigenvalue weighted by molar-refractivity contribution is 7.92. The summed E-state index contributed by atoms with van der Waals surface area (Å²) in [6, 6.07) is 0. The van der Waals surface area contributed by atoms with E-state index in [0.29, 0.717) is 0 Å². The van der Waals surface area contributed by atoms with E-state index in [1.807, 2.05) is 0 Å². The zero-order valence-corrected chi connectivity index (χ0v) is 8.84. The number of hydrogen-bond donors (Lipinski definition) is 0. The average molecular weight is 239 g/mol. The molecule has 0 unspecified atom stereocenters. The fourth-order valence-electron chi connectivity index (χ4n) is 1.29. The number of hydrogen-bond acceptors (Lipinski definition) is 5. The number of carbonyl (C=O) groups excluding carboxylic acids is 1. The van der Waals surface area contributed by atoms with Crippen molar-refractivity contribution >= 4 is 25.9 Å². The maximum absolute atomic E-state index is 11.2. The molecular formula is C6H9NO5S2. The van der Waals surface area contributed by atoms with Gasteiger partial charge in [-0.3, -0.25) is 0 Å². The molecule has 1 rings (SSSR count). The monoisotopic (exact) mass is 239 g/mol. The summed E-state index contributed by atoms with van der Waals surface area (Å²) in [5.41, 5.74) is 0. The second kappa shape index (κ2) is 3.80. The van der Waals surface area contributed by atoms with Crippen molar-refractivity contribution in [2.24, 2.45) is 4.40 Å². The first-order valence-electron chi connectivity index (χ1n) is 3.91. The molecule has 0 aromatic rings. The summed E-state index contributed by atoms with van der Waals surface area (Å²) in [5, 5.41) is -0.854. The van der Waals surface area contributed by atoms with Crippen LogP contribution in [0.15, 0.2) is 4.40 Å². The van der Waals surface area contributed by atoms with Crippen LogP contribution in [0.1, 0.15) is 12.8 Å². The number of sulfone groups is 1. The largest absolute Gasteiger partial charge is 0.266 e. The van der Waals surface area contributed by atoms with E-state index in [9.17, 15) is 21.6 Å². The van der Waals surface area contributed by atoms with Crippen molar-refractivity contribution in [2.75, 3.05) is 11.5 Å². The summed E-state index contributed by atoms with van der Waals surface area (Å²) in [6.07, 6.45) is 0.983. The van der Waals surface area contributed by atoms with E-state index in [2.05, 4.69) is 4.40 Å². The van der Waals surface area contributed by atoms with Gasteiger partial charge >= 0.3 is 0 Å². The quantitative estimate of drug-likeness (QED) is 0.465. The Morgan fingerprint density at radius 1 is 1.21 bits per heavy atom. The molecule has 0 aliphatic carbocycles. The van der Waals surface area contributed by atoms with Gasteiger partial charge in [-0.1, -0.05) is 4.40 Å². The van der Waals surface area contributed by atoms with Crippen molar-refractivity contribution in [1.82, 2.24) is 0 Å². The van der Waals surface area contributed by atoms with Crippen LogP contribution < -0.4 is 0 Å². The second-order valence-corrected chi connectivity index (χ2v) is 7.23. The SMILES string of the molecule is O=C=NS(=O)(=O)C1CCS(=O)(=O)CC1. The highest BCUT2D eigenvalue weighted by Gasteiger charge is 2.32. The molecule has 6 nitrogen and oxygen atoms in total. The lowest BCUT2D eigenvalue weighted by molar-refractivity contribution is 0.550. The highest BCUT2D eigenvalue weighted by Crippen LogP contribution is 2.20. The fraction of sp³-hybridized carbons (Fsp3) is 0.833. The zero-order valence-electron chi connectivity index (χ0n) is 7.21. The van der Waals surface area contributed by atoms with Crippen LogP contribution in [0, 0.1) is 0 Å². The molecule has 0 N–H and O–H groups in total. The van der Waals surface area contributed by atoms with E-state index in [1.54, 1.807) is 0 Å². The second-order valence-electron chi connectivity index (χ2n) is 3.05. The van der Waals surface area contributed by atoms with Crippen molar-refractivity contribution in [3.8, 4) is 0 Å². The van der Waals surface area contributed by atoms with Gasteiger partial charge in [-0.15, -0.1) is 0 Å². The van der Waals surface area contributed by atoms with E-state index >= 15 is 0 Å². The summed E-state index contributed by atoms with van der Waals surface area (Å²) >= 11 is 0. The van der Waals surface area contributed by atoms with Gasteiger partial charge in [-0.2, -0.15) is 0 Å². The minimum absolute atomic E-state index is 0.00977. The molecule has 1 fully saturated rings. The Hall–Kier alpha value is -0.720. The Kier molecular flexibility index (Phi) is 3.08. The Morgan fingerprint density at radius 2 is 1.71 bits per heavy atom. The molecule has 0 spiro atoms. The first-order chi connectivity index (χ1) is 6.37. The first kappa shape index (κ1) is 11.4. The average Bonchev–Trinajstić information content (AvgIpc) is 2.03. The molecule has 0 radical (unpaired) electrons. The molecule has 0 aromatic carbocycles. The van der Waals surface area contributed by atoms with Crippen LogP contribution >= 0.6 is 0 Å². The molecular weight excluding hydrogens is 230 g/mol. The lowest BCUT2D eigenvalue weighted by atomic mass is 10.2. The predicted molar refractivity (Wildman–Crippen MR) is 48.7 cm³/mol. The number of rotatable bonds is 2. The normalized spacial score (nSPS) is 22.6. The molecule has 0 bridgehead atoms. The molecule has 0 saturated carbocycles. The first-order valence-corrected chi connectivity index (χ1v) is 7.23. The van der Waals surface area contributed by atoms with Crippen LogP contribution in [0.4, 0.5) is 0 Å². The third-order valence-corrected chi connectivity index (χ3v) is 5.45. The van der Waals surface area contributed by atoms with E-state index in [0.717, 1.165) is 6.08 Å². The summed E-state index contributed by atoms with van der Waals surface area (Å²) in [5.74, 6) is -0.323. The van der Waals surface area contributed by atoms with Crippen molar-refractivity contribution in [1.29, 1.82) is 0 Å². The third-order valence-electron chi connectivity index (χ3n) is 2.09. The summed E-state index contributed by atoms with van der Waals surface area (Å²) < 4.78 is 47.0. The van der Waals surface area contributed by atoms with Crippen LogP contribution in [0.2, 0.25) is 0 Å². The van der Waals surface area contributed by atoms with Gasteiger partial charge in [0.15, 0.2) is 0 Å². The maximum Gasteiger partial charge on any atom is 0.266 e. The van der Waals surface area contributed by atoms with Crippen molar-refractivity contribution in [2.45, 2.75) is 18.1 Å². The van der Waals surface area contributed by atoms with Gasteiger partial charge < -0.3 is 0 Å². The van der Waals surface area contributed by atoms with Crippen LogP contribution in [0.5, 0.6) is 0 Å². The highest BCUT2D eigenvalue weighted by atomic mass is 32.2. The summed E-state index contributed by atoms with van der Waals surface area (Å²) in [7, 11) is -6.94. The molecule has 14 heavy (non-hydrogen) atoms. The van der Waals surface area contributed by atoms with Crippen LogP contribution in [-0.2, 0) is 24.7 Å². The molecule has 1 saturated heterocycles. The fourth-order valence-corrected chi connectivity index (χ4v) is 4.17. The topological polar surface area (TPSA) is 97.7 Å². The molecule has 0 aromatic heterocycles. The summed E-state index contributed by atoms with van der Waals surface area (Å²) in [6.45, 7) is 0. The van der Waals surface area contributed by atoms with Crippen molar-refractivity contribution < 1.29 is 21.6 Å². The van der Waals surface area contributed by atoms with Crippen molar-refractivity contribution in [3.63, 3.8) is 0 Å². The van der Waals surface area contributed by atoms with Gasteiger partial charge in [0.2, 0.25) is 0 Å². The van der Waals surface area contributed by atoms with Crippen LogP contribution in [0.25, 0.3) is 0 Å². The standard InChI is InChI=1S/C6H9NO5S2/c8-5-7-14(11,12)6-1-3-13(9,10)4-2-6/h6H,1-4H2.